The first-order valence-corrected chi connectivity index (χ1v) is 7.78. The number of nitrogens with zero attached hydrogens (tertiary/aromatic N) is 1. The Kier molecular flexibility index (Phi) is 6.03. The molecule has 0 aliphatic rings. The van der Waals surface area contributed by atoms with Crippen LogP contribution in [0.5, 0.6) is 0 Å². The molecule has 0 saturated heterocycles. The van der Waals surface area contributed by atoms with Crippen molar-refractivity contribution in [2.75, 3.05) is 6.54 Å². The van der Waals surface area contributed by atoms with Crippen LogP contribution in [0.1, 0.15) is 28.4 Å². The van der Waals surface area contributed by atoms with E-state index in [-0.39, 0.29) is 17.8 Å². The minimum Gasteiger partial charge on any atom is -0.391 e. The zero-order valence-corrected chi connectivity index (χ0v) is 13.4. The minimum absolute atomic E-state index is 0.0602. The number of hydrogen-bond acceptors (Lipinski definition) is 4. The molecule has 2 rings (SSSR count). The highest BCUT2D eigenvalue weighted by atomic mass is 16.6. The number of amides is 1. The minimum atomic E-state index is -0.721. The highest BCUT2D eigenvalue weighted by molar-refractivity contribution is 5.95. The second-order valence-electron chi connectivity index (χ2n) is 5.51. The van der Waals surface area contributed by atoms with E-state index in [1.807, 2.05) is 37.3 Å². The van der Waals surface area contributed by atoms with Gasteiger partial charge in [0.2, 0.25) is 0 Å². The SMILES string of the molecule is CCc1ccc(C(=O)NCC(O)Cc2ccccc2)cc1[N+](=O)[O-]. The standard InChI is InChI=1S/C18H20N2O4/c1-2-14-8-9-15(11-17(14)20(23)24)18(22)19-12-16(21)10-13-6-4-3-5-7-13/h3-9,11,16,21H,2,10,12H2,1H3,(H,19,22). The molecule has 6 nitrogen and oxygen atoms in total. The molecule has 1 atom stereocenters. The van der Waals surface area contributed by atoms with Crippen molar-refractivity contribution in [3.63, 3.8) is 0 Å². The lowest BCUT2D eigenvalue weighted by molar-refractivity contribution is -0.385. The predicted molar refractivity (Wildman–Crippen MR) is 91.0 cm³/mol. The summed E-state index contributed by atoms with van der Waals surface area (Å²) in [7, 11) is 0. The normalized spacial score (nSPS) is 11.8. The van der Waals surface area contributed by atoms with Gasteiger partial charge in [-0.1, -0.05) is 43.3 Å². The quantitative estimate of drug-likeness (QED) is 0.603. The number of aryl methyl sites for hydroxylation is 1. The van der Waals surface area contributed by atoms with Crippen LogP contribution in [0.3, 0.4) is 0 Å². The molecular weight excluding hydrogens is 308 g/mol. The number of carbonyl (C=O) groups excluding carboxylic acids is 1. The molecule has 0 radical (unpaired) electrons. The monoisotopic (exact) mass is 328 g/mol. The van der Waals surface area contributed by atoms with Crippen molar-refractivity contribution in [2.45, 2.75) is 25.9 Å². The number of carbonyl (C=O) groups is 1. The van der Waals surface area contributed by atoms with Crippen LogP contribution in [0, 0.1) is 10.1 Å². The molecule has 126 valence electrons. The van der Waals surface area contributed by atoms with Gasteiger partial charge in [-0.2, -0.15) is 0 Å². The maximum atomic E-state index is 12.1. The molecule has 0 aliphatic carbocycles. The Morgan fingerprint density at radius 1 is 1.25 bits per heavy atom. The summed E-state index contributed by atoms with van der Waals surface area (Å²) >= 11 is 0. The average molecular weight is 328 g/mol. The van der Waals surface area contributed by atoms with E-state index >= 15 is 0 Å². The number of hydrogen-bond donors (Lipinski definition) is 2. The van der Waals surface area contributed by atoms with E-state index < -0.39 is 16.9 Å². The molecule has 0 bridgehead atoms. The Hall–Kier alpha value is -2.73. The molecule has 24 heavy (non-hydrogen) atoms. The smallest absolute Gasteiger partial charge is 0.273 e. The maximum Gasteiger partial charge on any atom is 0.273 e. The zero-order chi connectivity index (χ0) is 17.5. The molecular formula is C18H20N2O4. The molecule has 0 aromatic heterocycles. The predicted octanol–water partition coefficient (Wildman–Crippen LogP) is 2.49. The number of nitro benzene ring substituents is 1. The summed E-state index contributed by atoms with van der Waals surface area (Å²) < 4.78 is 0. The van der Waals surface area contributed by atoms with Gasteiger partial charge in [-0.05, 0) is 18.1 Å². The van der Waals surface area contributed by atoms with Crippen LogP contribution in [0.15, 0.2) is 48.5 Å². The summed E-state index contributed by atoms with van der Waals surface area (Å²) in [5.41, 5.74) is 1.71. The van der Waals surface area contributed by atoms with Gasteiger partial charge in [-0.25, -0.2) is 0 Å². The van der Waals surface area contributed by atoms with E-state index in [1.54, 1.807) is 12.1 Å². The van der Waals surface area contributed by atoms with Crippen molar-refractivity contribution in [3.05, 3.63) is 75.3 Å². The molecule has 2 aromatic rings. The Morgan fingerprint density at radius 3 is 2.58 bits per heavy atom. The van der Waals surface area contributed by atoms with Crippen molar-refractivity contribution in [2.24, 2.45) is 0 Å². The van der Waals surface area contributed by atoms with Crippen molar-refractivity contribution < 1.29 is 14.8 Å². The summed E-state index contributed by atoms with van der Waals surface area (Å²) in [4.78, 5) is 22.7. The zero-order valence-electron chi connectivity index (χ0n) is 13.4. The topological polar surface area (TPSA) is 92.5 Å². The van der Waals surface area contributed by atoms with Gasteiger partial charge in [-0.3, -0.25) is 14.9 Å². The van der Waals surface area contributed by atoms with Crippen LogP contribution in [0.4, 0.5) is 5.69 Å². The third-order valence-corrected chi connectivity index (χ3v) is 3.74. The third kappa shape index (κ3) is 4.63. The summed E-state index contributed by atoms with van der Waals surface area (Å²) in [5, 5.41) is 23.7. The number of aliphatic hydroxyl groups excluding tert-OH is 1. The molecule has 6 heteroatoms. The summed E-state index contributed by atoms with van der Waals surface area (Å²) in [6.45, 7) is 1.90. The van der Waals surface area contributed by atoms with E-state index in [9.17, 15) is 20.0 Å². The molecule has 2 aromatic carbocycles. The first kappa shape index (κ1) is 17.6. The summed E-state index contributed by atoms with van der Waals surface area (Å²) in [6.07, 6.45) is 0.227. The second-order valence-corrected chi connectivity index (χ2v) is 5.51. The lowest BCUT2D eigenvalue weighted by atomic mass is 10.1. The Labute approximate surface area is 140 Å². The maximum absolute atomic E-state index is 12.1. The Balaban J connectivity index is 1.97. The highest BCUT2D eigenvalue weighted by Gasteiger charge is 2.17. The largest absolute Gasteiger partial charge is 0.391 e. The molecule has 0 saturated carbocycles. The average Bonchev–Trinajstić information content (AvgIpc) is 2.59. The number of rotatable bonds is 7. The third-order valence-electron chi connectivity index (χ3n) is 3.74. The lowest BCUT2D eigenvalue weighted by Gasteiger charge is -2.12. The lowest BCUT2D eigenvalue weighted by Crippen LogP contribution is -2.33. The van der Waals surface area contributed by atoms with Crippen LogP contribution >= 0.6 is 0 Å². The van der Waals surface area contributed by atoms with Crippen LogP contribution in [-0.2, 0) is 12.8 Å². The second kappa shape index (κ2) is 8.21. The number of nitro groups is 1. The van der Waals surface area contributed by atoms with Gasteiger partial charge < -0.3 is 10.4 Å². The molecule has 0 heterocycles. The van der Waals surface area contributed by atoms with Crippen molar-refractivity contribution in [3.8, 4) is 0 Å². The van der Waals surface area contributed by atoms with Gasteiger partial charge in [-0.15, -0.1) is 0 Å². The van der Waals surface area contributed by atoms with Crippen LogP contribution in [0.25, 0.3) is 0 Å². The van der Waals surface area contributed by atoms with Gasteiger partial charge in [0.1, 0.15) is 0 Å². The fraction of sp³-hybridized carbons (Fsp3) is 0.278. The number of nitrogens with one attached hydrogen (secondary N) is 1. The Bertz CT molecular complexity index is 716. The van der Waals surface area contributed by atoms with Crippen LogP contribution < -0.4 is 5.32 Å². The summed E-state index contributed by atoms with van der Waals surface area (Å²) in [5.74, 6) is -0.437. The Morgan fingerprint density at radius 2 is 1.96 bits per heavy atom. The van der Waals surface area contributed by atoms with Gasteiger partial charge in [0.15, 0.2) is 0 Å². The molecule has 1 unspecified atom stereocenters. The molecule has 0 spiro atoms. The van der Waals surface area contributed by atoms with Crippen molar-refractivity contribution >= 4 is 11.6 Å². The molecule has 1 amide bonds. The van der Waals surface area contributed by atoms with E-state index in [4.69, 9.17) is 0 Å². The first-order chi connectivity index (χ1) is 11.5. The number of aliphatic hydroxyl groups is 1. The molecule has 0 aliphatic heterocycles. The van der Waals surface area contributed by atoms with Gasteiger partial charge in [0.25, 0.3) is 11.6 Å². The first-order valence-electron chi connectivity index (χ1n) is 7.78. The fourth-order valence-electron chi connectivity index (χ4n) is 2.44. The van der Waals surface area contributed by atoms with Crippen LogP contribution in [-0.4, -0.2) is 28.6 Å². The van der Waals surface area contributed by atoms with E-state index in [1.165, 1.54) is 6.07 Å². The van der Waals surface area contributed by atoms with E-state index in [0.717, 1.165) is 5.56 Å². The van der Waals surface area contributed by atoms with Gasteiger partial charge in [0, 0.05) is 30.2 Å². The van der Waals surface area contributed by atoms with E-state index in [0.29, 0.717) is 18.4 Å². The fourth-order valence-corrected chi connectivity index (χ4v) is 2.44. The molecule has 2 N–H and O–H groups in total. The number of benzene rings is 2. The van der Waals surface area contributed by atoms with E-state index in [2.05, 4.69) is 5.32 Å². The van der Waals surface area contributed by atoms with Crippen molar-refractivity contribution in [1.29, 1.82) is 0 Å². The highest BCUT2D eigenvalue weighted by Crippen LogP contribution is 2.20. The van der Waals surface area contributed by atoms with Crippen molar-refractivity contribution in [1.82, 2.24) is 5.32 Å². The molecule has 0 fully saturated rings. The van der Waals surface area contributed by atoms with Gasteiger partial charge in [0.05, 0.1) is 11.0 Å². The van der Waals surface area contributed by atoms with Gasteiger partial charge >= 0.3 is 0 Å². The van der Waals surface area contributed by atoms with Crippen LogP contribution in [0.2, 0.25) is 0 Å². The summed E-state index contributed by atoms with van der Waals surface area (Å²) in [6, 6.07) is 13.9.